The number of anilines is 3. The van der Waals surface area contributed by atoms with Crippen LogP contribution in [0.4, 0.5) is 17.1 Å². The molecule has 0 bridgehead atoms. The van der Waals surface area contributed by atoms with E-state index in [2.05, 4.69) is 210 Å². The van der Waals surface area contributed by atoms with E-state index in [-0.39, 0.29) is 10.8 Å². The van der Waals surface area contributed by atoms with Crippen LogP contribution in [-0.4, -0.2) is 0 Å². The normalized spacial score (nSPS) is 13.9. The molecule has 8 aromatic carbocycles. The molecule has 0 aromatic heterocycles. The van der Waals surface area contributed by atoms with Crippen LogP contribution >= 0.6 is 0 Å². The number of hydrogen-bond acceptors (Lipinski definition) is 1. The zero-order valence-electron chi connectivity index (χ0n) is 32.0. The molecule has 1 spiro atoms. The molecule has 0 saturated carbocycles. The van der Waals surface area contributed by atoms with Crippen molar-refractivity contribution in [2.24, 2.45) is 0 Å². The Morgan fingerprint density at radius 2 is 0.741 bits per heavy atom. The molecule has 0 unspecified atom stereocenters. The fourth-order valence-electron chi connectivity index (χ4n) is 9.36. The monoisotopic (exact) mass is 695 g/mol. The fourth-order valence-corrected chi connectivity index (χ4v) is 9.36. The van der Waals surface area contributed by atoms with Gasteiger partial charge >= 0.3 is 0 Å². The third kappa shape index (κ3) is 4.77. The molecule has 0 atom stereocenters. The van der Waals surface area contributed by atoms with Crippen molar-refractivity contribution in [2.75, 3.05) is 4.90 Å². The molecule has 262 valence electrons. The van der Waals surface area contributed by atoms with Crippen molar-refractivity contribution in [2.45, 2.75) is 57.8 Å². The minimum atomic E-state index is -0.405. The van der Waals surface area contributed by atoms with Crippen LogP contribution < -0.4 is 4.90 Å². The van der Waals surface area contributed by atoms with E-state index in [1.165, 1.54) is 77.2 Å². The van der Waals surface area contributed by atoms with Crippen LogP contribution in [0.15, 0.2) is 164 Å². The SMILES string of the molecule is CC(C)(C)c1ccc(N(c2ccc(C(C)(C)C)cc2)c2ccc3cc4c(cc3c2)C2(c3ccccc3-c3ccccc32)c2cc3ccccc3cc2-4)cc1. The molecule has 2 aliphatic rings. The van der Waals surface area contributed by atoms with Crippen LogP contribution in [0.1, 0.15) is 74.9 Å². The van der Waals surface area contributed by atoms with E-state index < -0.39 is 5.41 Å². The number of nitrogens with zero attached hydrogens (tertiary/aromatic N) is 1. The molecular formula is C53H45N. The summed E-state index contributed by atoms with van der Waals surface area (Å²) >= 11 is 0. The highest BCUT2D eigenvalue weighted by Crippen LogP contribution is 2.63. The minimum Gasteiger partial charge on any atom is -0.310 e. The molecule has 0 aliphatic heterocycles. The van der Waals surface area contributed by atoms with E-state index in [4.69, 9.17) is 0 Å². The van der Waals surface area contributed by atoms with Gasteiger partial charge in [0.15, 0.2) is 0 Å². The first-order valence-corrected chi connectivity index (χ1v) is 19.3. The summed E-state index contributed by atoms with van der Waals surface area (Å²) in [6.45, 7) is 13.7. The Balaban J connectivity index is 1.22. The van der Waals surface area contributed by atoms with Gasteiger partial charge in [-0.25, -0.2) is 0 Å². The van der Waals surface area contributed by atoms with E-state index in [0.29, 0.717) is 0 Å². The first-order valence-electron chi connectivity index (χ1n) is 19.3. The zero-order valence-corrected chi connectivity index (χ0v) is 32.0. The smallest absolute Gasteiger partial charge is 0.0725 e. The lowest BCUT2D eigenvalue weighted by Crippen LogP contribution is -2.25. The summed E-state index contributed by atoms with van der Waals surface area (Å²) in [5.41, 5.74) is 16.7. The molecule has 54 heavy (non-hydrogen) atoms. The molecule has 0 N–H and O–H groups in total. The van der Waals surface area contributed by atoms with Gasteiger partial charge in [-0.05, 0) is 149 Å². The summed E-state index contributed by atoms with van der Waals surface area (Å²) < 4.78 is 0. The van der Waals surface area contributed by atoms with Gasteiger partial charge in [-0.2, -0.15) is 0 Å². The van der Waals surface area contributed by atoms with Crippen molar-refractivity contribution in [1.82, 2.24) is 0 Å². The summed E-state index contributed by atoms with van der Waals surface area (Å²) in [5, 5.41) is 5.05. The molecule has 2 aliphatic carbocycles. The van der Waals surface area contributed by atoms with Crippen molar-refractivity contribution in [3.05, 3.63) is 197 Å². The fraction of sp³-hybridized carbons (Fsp3) is 0.170. The summed E-state index contributed by atoms with van der Waals surface area (Å²) in [6.07, 6.45) is 0. The molecule has 1 nitrogen and oxygen atoms in total. The predicted octanol–water partition coefficient (Wildman–Crippen LogP) is 14.4. The standard InChI is InChI=1S/C53H45N/c1-51(2,3)38-20-25-40(26-21-38)54(41-27-22-39(23-28-41)52(4,5)6)42-24-19-36-31-46-45-30-34-13-7-8-14-35(34)32-49(45)53(50(46)33-37(36)29-42)47-17-11-9-15-43(47)44-16-10-12-18-48(44)53/h7-33H,1-6H3. The van der Waals surface area contributed by atoms with Gasteiger partial charge in [-0.15, -0.1) is 0 Å². The Morgan fingerprint density at radius 1 is 0.333 bits per heavy atom. The van der Waals surface area contributed by atoms with Crippen molar-refractivity contribution in [3.63, 3.8) is 0 Å². The van der Waals surface area contributed by atoms with Crippen LogP contribution in [0.2, 0.25) is 0 Å². The molecule has 0 fully saturated rings. The van der Waals surface area contributed by atoms with Gasteiger partial charge in [-0.3, -0.25) is 0 Å². The van der Waals surface area contributed by atoms with Crippen LogP contribution in [0.25, 0.3) is 43.8 Å². The maximum atomic E-state index is 2.52. The Kier molecular flexibility index (Phi) is 6.99. The van der Waals surface area contributed by atoms with Gasteiger partial charge in [0, 0.05) is 17.1 Å². The Hall–Kier alpha value is -5.92. The van der Waals surface area contributed by atoms with Crippen molar-refractivity contribution in [1.29, 1.82) is 0 Å². The average molecular weight is 696 g/mol. The van der Waals surface area contributed by atoms with E-state index >= 15 is 0 Å². The van der Waals surface area contributed by atoms with Gasteiger partial charge in [0.05, 0.1) is 5.41 Å². The molecular weight excluding hydrogens is 651 g/mol. The first-order chi connectivity index (χ1) is 26.0. The second-order valence-electron chi connectivity index (χ2n) is 17.4. The van der Waals surface area contributed by atoms with E-state index in [1.807, 2.05) is 0 Å². The lowest BCUT2D eigenvalue weighted by Gasteiger charge is -2.31. The zero-order chi connectivity index (χ0) is 37.0. The van der Waals surface area contributed by atoms with Gasteiger partial charge in [0.2, 0.25) is 0 Å². The third-order valence-electron chi connectivity index (χ3n) is 12.1. The van der Waals surface area contributed by atoms with Crippen LogP contribution in [0.3, 0.4) is 0 Å². The molecule has 0 heterocycles. The van der Waals surface area contributed by atoms with Crippen molar-refractivity contribution >= 4 is 38.6 Å². The van der Waals surface area contributed by atoms with Gasteiger partial charge in [0.25, 0.3) is 0 Å². The van der Waals surface area contributed by atoms with Crippen LogP contribution in [-0.2, 0) is 16.2 Å². The van der Waals surface area contributed by atoms with Gasteiger partial charge in [0.1, 0.15) is 0 Å². The number of fused-ring (bicyclic) bond motifs is 12. The van der Waals surface area contributed by atoms with Gasteiger partial charge < -0.3 is 4.90 Å². The summed E-state index contributed by atoms with van der Waals surface area (Å²) in [7, 11) is 0. The van der Waals surface area contributed by atoms with Crippen molar-refractivity contribution in [3.8, 4) is 22.3 Å². The Morgan fingerprint density at radius 3 is 1.24 bits per heavy atom. The highest BCUT2D eigenvalue weighted by atomic mass is 15.1. The van der Waals surface area contributed by atoms with E-state index in [0.717, 1.165) is 17.1 Å². The Labute approximate surface area is 319 Å². The Bertz CT molecular complexity index is 2670. The number of benzene rings is 8. The first kappa shape index (κ1) is 32.7. The van der Waals surface area contributed by atoms with Crippen LogP contribution in [0, 0.1) is 0 Å². The van der Waals surface area contributed by atoms with Crippen LogP contribution in [0.5, 0.6) is 0 Å². The predicted molar refractivity (Wildman–Crippen MR) is 230 cm³/mol. The lowest BCUT2D eigenvalue weighted by molar-refractivity contribution is 0.590. The third-order valence-corrected chi connectivity index (χ3v) is 12.1. The molecule has 0 radical (unpaired) electrons. The minimum absolute atomic E-state index is 0.0813. The van der Waals surface area contributed by atoms with E-state index in [1.54, 1.807) is 0 Å². The second kappa shape index (κ2) is 11.5. The number of rotatable bonds is 3. The second-order valence-corrected chi connectivity index (χ2v) is 17.4. The van der Waals surface area contributed by atoms with E-state index in [9.17, 15) is 0 Å². The molecule has 8 aromatic rings. The topological polar surface area (TPSA) is 3.24 Å². The lowest BCUT2D eigenvalue weighted by atomic mass is 9.70. The summed E-state index contributed by atoms with van der Waals surface area (Å²) in [5.74, 6) is 0. The maximum absolute atomic E-state index is 2.52. The molecule has 10 rings (SSSR count). The molecule has 1 heteroatoms. The van der Waals surface area contributed by atoms with Crippen molar-refractivity contribution < 1.29 is 0 Å². The summed E-state index contributed by atoms with van der Waals surface area (Å²) in [6, 6.07) is 62.2. The summed E-state index contributed by atoms with van der Waals surface area (Å²) in [4.78, 5) is 2.42. The van der Waals surface area contributed by atoms with Gasteiger partial charge in [-0.1, -0.05) is 145 Å². The maximum Gasteiger partial charge on any atom is 0.0725 e. The highest BCUT2D eigenvalue weighted by molar-refractivity contribution is 6.04. The average Bonchev–Trinajstić information content (AvgIpc) is 3.62. The molecule has 0 amide bonds. The number of hydrogen-bond donors (Lipinski definition) is 0. The largest absolute Gasteiger partial charge is 0.310 e. The highest BCUT2D eigenvalue weighted by Gasteiger charge is 2.51. The quantitative estimate of drug-likeness (QED) is 0.178. The molecule has 0 saturated heterocycles.